The Bertz CT molecular complexity index is 1120. The summed E-state index contributed by atoms with van der Waals surface area (Å²) in [6.07, 6.45) is 6.64. The number of carbonyl (C=O) groups is 1. The first-order chi connectivity index (χ1) is 16.7. The number of ether oxygens (including phenoxy) is 2. The lowest BCUT2D eigenvalue weighted by Crippen LogP contribution is -2.34. The number of para-hydroxylation sites is 1. The maximum Gasteiger partial charge on any atom is 0.231 e. The van der Waals surface area contributed by atoms with Gasteiger partial charge in [-0.25, -0.2) is 4.68 Å². The molecular formula is C27H32N4O3. The van der Waals surface area contributed by atoms with Gasteiger partial charge >= 0.3 is 0 Å². The van der Waals surface area contributed by atoms with Gasteiger partial charge in [-0.15, -0.1) is 0 Å². The number of aryl methyl sites for hydroxylation is 1. The topological polar surface area (TPSA) is 68.6 Å². The van der Waals surface area contributed by atoms with Crippen molar-refractivity contribution in [1.82, 2.24) is 20.0 Å². The van der Waals surface area contributed by atoms with E-state index in [2.05, 4.69) is 17.1 Å². The first-order valence-electron chi connectivity index (χ1n) is 12.2. The van der Waals surface area contributed by atoms with Gasteiger partial charge in [0.2, 0.25) is 12.7 Å². The van der Waals surface area contributed by atoms with Crippen molar-refractivity contribution in [3.63, 3.8) is 0 Å². The molecule has 3 aromatic rings. The molecule has 3 heterocycles. The molecule has 178 valence electrons. The van der Waals surface area contributed by atoms with E-state index >= 15 is 0 Å². The number of aromatic nitrogens is 2. The fourth-order valence-electron chi connectivity index (χ4n) is 4.71. The van der Waals surface area contributed by atoms with Crippen LogP contribution in [-0.2, 0) is 11.2 Å². The SMILES string of the molecule is CC(CCNC(=O)CCc1cn(-c2ccccc2)nc1-c1ccc2c(c1)OCO2)N1CCCC1. The smallest absolute Gasteiger partial charge is 0.231 e. The Morgan fingerprint density at radius 3 is 2.71 bits per heavy atom. The molecule has 34 heavy (non-hydrogen) atoms. The summed E-state index contributed by atoms with van der Waals surface area (Å²) in [5.74, 6) is 1.55. The van der Waals surface area contributed by atoms with E-state index < -0.39 is 0 Å². The molecule has 0 aliphatic carbocycles. The van der Waals surface area contributed by atoms with Gasteiger partial charge in [0.25, 0.3) is 0 Å². The van der Waals surface area contributed by atoms with Gasteiger partial charge in [-0.05, 0) is 81.6 Å². The Kier molecular flexibility index (Phi) is 6.81. The van der Waals surface area contributed by atoms with E-state index in [4.69, 9.17) is 14.6 Å². The zero-order chi connectivity index (χ0) is 23.3. The highest BCUT2D eigenvalue weighted by Crippen LogP contribution is 2.36. The Morgan fingerprint density at radius 2 is 1.88 bits per heavy atom. The summed E-state index contributed by atoms with van der Waals surface area (Å²) in [6, 6.07) is 16.4. The van der Waals surface area contributed by atoms with E-state index in [9.17, 15) is 4.79 Å². The van der Waals surface area contributed by atoms with Crippen LogP contribution in [0.3, 0.4) is 0 Å². The molecule has 1 fully saturated rings. The van der Waals surface area contributed by atoms with Crippen molar-refractivity contribution in [1.29, 1.82) is 0 Å². The number of hydrogen-bond acceptors (Lipinski definition) is 5. The molecule has 1 saturated heterocycles. The van der Waals surface area contributed by atoms with Crippen LogP contribution in [0.25, 0.3) is 16.9 Å². The van der Waals surface area contributed by atoms with Crippen LogP contribution in [0, 0.1) is 0 Å². The third-order valence-electron chi connectivity index (χ3n) is 6.73. The van der Waals surface area contributed by atoms with Crippen LogP contribution in [-0.4, -0.2) is 53.1 Å². The summed E-state index contributed by atoms with van der Waals surface area (Å²) in [5, 5.41) is 7.98. The second kappa shape index (κ2) is 10.3. The zero-order valence-electron chi connectivity index (χ0n) is 19.7. The Morgan fingerprint density at radius 1 is 1.09 bits per heavy atom. The monoisotopic (exact) mass is 460 g/mol. The van der Waals surface area contributed by atoms with Crippen molar-refractivity contribution in [3.05, 3.63) is 60.3 Å². The van der Waals surface area contributed by atoms with Gasteiger partial charge in [0.05, 0.1) is 11.4 Å². The van der Waals surface area contributed by atoms with E-state index in [1.165, 1.54) is 25.9 Å². The number of rotatable bonds is 9. The summed E-state index contributed by atoms with van der Waals surface area (Å²) in [6.45, 7) is 5.58. The van der Waals surface area contributed by atoms with Gasteiger partial charge in [-0.1, -0.05) is 18.2 Å². The lowest BCUT2D eigenvalue weighted by molar-refractivity contribution is -0.121. The summed E-state index contributed by atoms with van der Waals surface area (Å²) in [5.41, 5.74) is 3.82. The number of nitrogens with zero attached hydrogens (tertiary/aromatic N) is 3. The molecule has 1 N–H and O–H groups in total. The predicted octanol–water partition coefficient (Wildman–Crippen LogP) is 4.19. The highest BCUT2D eigenvalue weighted by atomic mass is 16.7. The van der Waals surface area contributed by atoms with Crippen molar-refractivity contribution in [2.75, 3.05) is 26.4 Å². The minimum Gasteiger partial charge on any atom is -0.454 e. The van der Waals surface area contributed by atoms with Gasteiger partial charge in [-0.2, -0.15) is 5.10 Å². The largest absolute Gasteiger partial charge is 0.454 e. The molecule has 1 aromatic heterocycles. The molecule has 7 heteroatoms. The van der Waals surface area contributed by atoms with Crippen LogP contribution < -0.4 is 14.8 Å². The molecule has 1 unspecified atom stereocenters. The normalized spacial score (nSPS) is 16.0. The molecule has 2 aromatic carbocycles. The molecule has 0 spiro atoms. The summed E-state index contributed by atoms with van der Waals surface area (Å²) >= 11 is 0. The number of likely N-dealkylation sites (tertiary alicyclic amines) is 1. The fraction of sp³-hybridized carbons (Fsp3) is 0.407. The Hall–Kier alpha value is -3.32. The van der Waals surface area contributed by atoms with Gasteiger partial charge in [0, 0.05) is 30.8 Å². The van der Waals surface area contributed by atoms with E-state index in [0.717, 1.165) is 47.0 Å². The average molecular weight is 461 g/mol. The van der Waals surface area contributed by atoms with E-state index in [1.807, 2.05) is 59.4 Å². The quantitative estimate of drug-likeness (QED) is 0.519. The van der Waals surface area contributed by atoms with Gasteiger partial charge < -0.3 is 19.7 Å². The summed E-state index contributed by atoms with van der Waals surface area (Å²) in [4.78, 5) is 15.1. The number of benzene rings is 2. The molecule has 5 rings (SSSR count). The van der Waals surface area contributed by atoms with Crippen molar-refractivity contribution in [3.8, 4) is 28.4 Å². The lowest BCUT2D eigenvalue weighted by atomic mass is 10.0. The second-order valence-corrected chi connectivity index (χ2v) is 9.08. The highest BCUT2D eigenvalue weighted by molar-refractivity contribution is 5.77. The maximum absolute atomic E-state index is 12.6. The third kappa shape index (κ3) is 5.09. The van der Waals surface area contributed by atoms with Crippen LogP contribution in [0.2, 0.25) is 0 Å². The number of amides is 1. The molecule has 2 aliphatic rings. The van der Waals surface area contributed by atoms with Crippen LogP contribution in [0.15, 0.2) is 54.7 Å². The second-order valence-electron chi connectivity index (χ2n) is 9.08. The molecule has 7 nitrogen and oxygen atoms in total. The van der Waals surface area contributed by atoms with Crippen LogP contribution in [0.4, 0.5) is 0 Å². The van der Waals surface area contributed by atoms with Crippen LogP contribution in [0.1, 0.15) is 38.2 Å². The van der Waals surface area contributed by atoms with Gasteiger partial charge in [0.1, 0.15) is 0 Å². The Balaban J connectivity index is 1.26. The van der Waals surface area contributed by atoms with Crippen LogP contribution in [0.5, 0.6) is 11.5 Å². The standard InChI is InChI=1S/C27H32N4O3/c1-20(30-15-5-6-16-30)13-14-28-26(32)12-10-22-18-31(23-7-3-2-4-8-23)29-27(22)21-9-11-24-25(17-21)34-19-33-24/h2-4,7-9,11,17-18,20H,5-6,10,12-16,19H2,1H3,(H,28,32). The summed E-state index contributed by atoms with van der Waals surface area (Å²) < 4.78 is 12.9. The van der Waals surface area contributed by atoms with Crippen molar-refractivity contribution >= 4 is 5.91 Å². The lowest BCUT2D eigenvalue weighted by Gasteiger charge is -2.23. The van der Waals surface area contributed by atoms with E-state index in [0.29, 0.717) is 18.9 Å². The van der Waals surface area contributed by atoms with Crippen molar-refractivity contribution in [2.24, 2.45) is 0 Å². The molecule has 1 atom stereocenters. The number of nitrogens with one attached hydrogen (secondary N) is 1. The highest BCUT2D eigenvalue weighted by Gasteiger charge is 2.20. The van der Waals surface area contributed by atoms with E-state index in [-0.39, 0.29) is 12.7 Å². The van der Waals surface area contributed by atoms with Gasteiger partial charge in [0.15, 0.2) is 11.5 Å². The minimum atomic E-state index is 0.0812. The molecule has 0 bridgehead atoms. The van der Waals surface area contributed by atoms with Crippen molar-refractivity contribution < 1.29 is 14.3 Å². The maximum atomic E-state index is 12.6. The number of carbonyl (C=O) groups excluding carboxylic acids is 1. The molecular weight excluding hydrogens is 428 g/mol. The summed E-state index contributed by atoms with van der Waals surface area (Å²) in [7, 11) is 0. The predicted molar refractivity (Wildman–Crippen MR) is 131 cm³/mol. The van der Waals surface area contributed by atoms with E-state index in [1.54, 1.807) is 0 Å². The Labute approximate surface area is 200 Å². The van der Waals surface area contributed by atoms with Gasteiger partial charge in [-0.3, -0.25) is 4.79 Å². The molecule has 0 saturated carbocycles. The fourth-order valence-corrected chi connectivity index (χ4v) is 4.71. The zero-order valence-corrected chi connectivity index (χ0v) is 19.7. The molecule has 1 amide bonds. The average Bonchev–Trinajstić information content (AvgIpc) is 3.63. The number of hydrogen-bond donors (Lipinski definition) is 1. The van der Waals surface area contributed by atoms with Crippen LogP contribution >= 0.6 is 0 Å². The number of fused-ring (bicyclic) bond motifs is 1. The molecule has 2 aliphatic heterocycles. The van der Waals surface area contributed by atoms with Crippen molar-refractivity contribution in [2.45, 2.75) is 45.1 Å². The first kappa shape index (κ1) is 22.5. The minimum absolute atomic E-state index is 0.0812. The molecule has 0 radical (unpaired) electrons. The third-order valence-corrected chi connectivity index (χ3v) is 6.73. The first-order valence-corrected chi connectivity index (χ1v) is 12.2.